The van der Waals surface area contributed by atoms with Crippen LogP contribution in [0, 0.1) is 0 Å². The second kappa shape index (κ2) is 10.9. The Morgan fingerprint density at radius 2 is 0.630 bits per heavy atom. The first-order chi connectivity index (χ1) is 22.8. The number of hydrogen-bond donors (Lipinski definition) is 0. The number of rotatable bonds is 4. The van der Waals surface area contributed by atoms with Crippen LogP contribution in [0.25, 0.3) is 87.6 Å². The normalized spacial score (nSPS) is 11.5. The standard InChI is InChI=1S/C46H30/c1-2-13-32(14-3-1)37-24-11-17-34-18-12-25-38(44(34)37)33-27-29-35(30-28-33)45-40-20-6-8-22-42(40)46(43-23-9-7-21-41(43)45)39-26-10-16-31-15-4-5-19-36(31)39/h1-30H. The second-order valence-corrected chi connectivity index (χ2v) is 12.0. The lowest BCUT2D eigenvalue weighted by Gasteiger charge is -2.19. The van der Waals surface area contributed by atoms with Crippen molar-refractivity contribution in [2.75, 3.05) is 0 Å². The molecule has 0 saturated carbocycles. The molecule has 0 amide bonds. The van der Waals surface area contributed by atoms with Crippen LogP contribution in [-0.2, 0) is 0 Å². The predicted molar refractivity (Wildman–Crippen MR) is 198 cm³/mol. The first-order valence-electron chi connectivity index (χ1n) is 15.9. The van der Waals surface area contributed by atoms with Crippen molar-refractivity contribution in [3.05, 3.63) is 182 Å². The van der Waals surface area contributed by atoms with E-state index in [-0.39, 0.29) is 0 Å². The molecule has 0 aliphatic heterocycles. The van der Waals surface area contributed by atoms with Crippen molar-refractivity contribution in [2.45, 2.75) is 0 Å². The zero-order chi connectivity index (χ0) is 30.5. The van der Waals surface area contributed by atoms with E-state index in [0.717, 1.165) is 0 Å². The maximum Gasteiger partial charge on any atom is -0.00201 e. The van der Waals surface area contributed by atoms with Crippen molar-refractivity contribution in [1.29, 1.82) is 0 Å². The van der Waals surface area contributed by atoms with Crippen LogP contribution in [0.1, 0.15) is 0 Å². The zero-order valence-corrected chi connectivity index (χ0v) is 25.3. The van der Waals surface area contributed by atoms with Gasteiger partial charge in [-0.25, -0.2) is 0 Å². The molecule has 0 unspecified atom stereocenters. The maximum absolute atomic E-state index is 2.31. The maximum atomic E-state index is 2.31. The minimum Gasteiger partial charge on any atom is -0.0622 e. The van der Waals surface area contributed by atoms with Gasteiger partial charge in [0.15, 0.2) is 0 Å². The first kappa shape index (κ1) is 26.4. The van der Waals surface area contributed by atoms with Gasteiger partial charge in [0.25, 0.3) is 0 Å². The molecule has 0 heterocycles. The fourth-order valence-electron chi connectivity index (χ4n) is 7.43. The largest absolute Gasteiger partial charge is 0.0622 e. The average molecular weight is 583 g/mol. The summed E-state index contributed by atoms with van der Waals surface area (Å²) >= 11 is 0. The van der Waals surface area contributed by atoms with E-state index in [1.807, 2.05) is 0 Å². The Kier molecular flexibility index (Phi) is 6.25. The summed E-state index contributed by atoms with van der Waals surface area (Å²) in [4.78, 5) is 0. The van der Waals surface area contributed by atoms with Crippen molar-refractivity contribution in [2.24, 2.45) is 0 Å². The second-order valence-electron chi connectivity index (χ2n) is 12.0. The van der Waals surface area contributed by atoms with E-state index in [0.29, 0.717) is 0 Å². The minimum atomic E-state index is 1.22. The van der Waals surface area contributed by atoms with Crippen molar-refractivity contribution in [1.82, 2.24) is 0 Å². The van der Waals surface area contributed by atoms with Crippen LogP contribution < -0.4 is 0 Å². The highest BCUT2D eigenvalue weighted by molar-refractivity contribution is 6.23. The zero-order valence-electron chi connectivity index (χ0n) is 25.3. The Bertz CT molecular complexity index is 2490. The first-order valence-corrected chi connectivity index (χ1v) is 15.9. The van der Waals surface area contributed by atoms with E-state index >= 15 is 0 Å². The molecule has 0 N–H and O–H groups in total. The Hall–Kier alpha value is -5.98. The Morgan fingerprint density at radius 3 is 1.24 bits per heavy atom. The van der Waals surface area contributed by atoms with Crippen molar-refractivity contribution in [3.8, 4) is 44.5 Å². The van der Waals surface area contributed by atoms with Crippen LogP contribution in [0.5, 0.6) is 0 Å². The molecule has 9 rings (SSSR count). The third-order valence-electron chi connectivity index (χ3n) is 9.46. The highest BCUT2D eigenvalue weighted by Gasteiger charge is 2.18. The van der Waals surface area contributed by atoms with Gasteiger partial charge in [-0.1, -0.05) is 182 Å². The Labute approximate surface area is 268 Å². The van der Waals surface area contributed by atoms with E-state index in [4.69, 9.17) is 0 Å². The molecule has 214 valence electrons. The highest BCUT2D eigenvalue weighted by Crippen LogP contribution is 2.45. The molecule has 0 radical (unpaired) electrons. The lowest BCUT2D eigenvalue weighted by atomic mass is 9.84. The van der Waals surface area contributed by atoms with Gasteiger partial charge < -0.3 is 0 Å². The fraction of sp³-hybridized carbons (Fsp3) is 0. The van der Waals surface area contributed by atoms with E-state index in [2.05, 4.69) is 182 Å². The van der Waals surface area contributed by atoms with Gasteiger partial charge in [-0.2, -0.15) is 0 Å². The van der Waals surface area contributed by atoms with Crippen LogP contribution >= 0.6 is 0 Å². The molecular formula is C46H30. The summed E-state index contributed by atoms with van der Waals surface area (Å²) in [6.07, 6.45) is 0. The third-order valence-corrected chi connectivity index (χ3v) is 9.46. The Balaban J connectivity index is 1.26. The molecular weight excluding hydrogens is 553 g/mol. The van der Waals surface area contributed by atoms with Crippen molar-refractivity contribution >= 4 is 43.1 Å². The van der Waals surface area contributed by atoms with Gasteiger partial charge >= 0.3 is 0 Å². The smallest absolute Gasteiger partial charge is 0.00201 e. The fourth-order valence-corrected chi connectivity index (χ4v) is 7.43. The summed E-state index contributed by atoms with van der Waals surface area (Å²) in [5.74, 6) is 0. The summed E-state index contributed by atoms with van der Waals surface area (Å²) in [5, 5.41) is 10.2. The van der Waals surface area contributed by atoms with Gasteiger partial charge in [0.1, 0.15) is 0 Å². The Morgan fingerprint density at radius 1 is 0.217 bits per heavy atom. The number of hydrogen-bond acceptors (Lipinski definition) is 0. The molecule has 0 heteroatoms. The van der Waals surface area contributed by atoms with Gasteiger partial charge in [0.2, 0.25) is 0 Å². The molecule has 0 fully saturated rings. The topological polar surface area (TPSA) is 0 Å². The molecule has 0 spiro atoms. The van der Waals surface area contributed by atoms with Gasteiger partial charge in [0.05, 0.1) is 0 Å². The van der Waals surface area contributed by atoms with E-state index in [1.165, 1.54) is 87.6 Å². The summed E-state index contributed by atoms with van der Waals surface area (Å²) in [6, 6.07) is 66.4. The van der Waals surface area contributed by atoms with E-state index in [9.17, 15) is 0 Å². The molecule has 0 aliphatic carbocycles. The number of fused-ring (bicyclic) bond motifs is 4. The van der Waals surface area contributed by atoms with Crippen molar-refractivity contribution < 1.29 is 0 Å². The summed E-state index contributed by atoms with van der Waals surface area (Å²) < 4.78 is 0. The molecule has 9 aromatic rings. The monoisotopic (exact) mass is 582 g/mol. The van der Waals surface area contributed by atoms with Crippen molar-refractivity contribution in [3.63, 3.8) is 0 Å². The molecule has 0 aromatic heterocycles. The van der Waals surface area contributed by atoms with Crippen LogP contribution in [0.15, 0.2) is 182 Å². The average Bonchev–Trinajstić information content (AvgIpc) is 3.13. The molecule has 9 aromatic carbocycles. The lowest BCUT2D eigenvalue weighted by Crippen LogP contribution is -1.92. The van der Waals surface area contributed by atoms with Gasteiger partial charge in [-0.15, -0.1) is 0 Å². The molecule has 0 aliphatic rings. The minimum absolute atomic E-state index is 1.22. The van der Waals surface area contributed by atoms with Crippen LogP contribution in [0.4, 0.5) is 0 Å². The quantitative estimate of drug-likeness (QED) is 0.181. The van der Waals surface area contributed by atoms with Gasteiger partial charge in [-0.05, 0) is 87.6 Å². The van der Waals surface area contributed by atoms with E-state index < -0.39 is 0 Å². The summed E-state index contributed by atoms with van der Waals surface area (Å²) in [6.45, 7) is 0. The molecule has 0 bridgehead atoms. The predicted octanol–water partition coefficient (Wildman–Crippen LogP) is 13.0. The molecule has 0 atom stereocenters. The molecule has 0 nitrogen and oxygen atoms in total. The summed E-state index contributed by atoms with van der Waals surface area (Å²) in [7, 11) is 0. The highest BCUT2D eigenvalue weighted by atomic mass is 14.2. The molecule has 46 heavy (non-hydrogen) atoms. The van der Waals surface area contributed by atoms with Crippen LogP contribution in [0.2, 0.25) is 0 Å². The summed E-state index contributed by atoms with van der Waals surface area (Å²) in [5.41, 5.74) is 10.1. The lowest BCUT2D eigenvalue weighted by molar-refractivity contribution is 1.62. The number of benzene rings is 9. The van der Waals surface area contributed by atoms with Crippen LogP contribution in [0.3, 0.4) is 0 Å². The van der Waals surface area contributed by atoms with Crippen LogP contribution in [-0.4, -0.2) is 0 Å². The van der Waals surface area contributed by atoms with E-state index in [1.54, 1.807) is 0 Å². The third kappa shape index (κ3) is 4.23. The van der Waals surface area contributed by atoms with Gasteiger partial charge in [-0.3, -0.25) is 0 Å². The van der Waals surface area contributed by atoms with Gasteiger partial charge in [0, 0.05) is 0 Å². The molecule has 0 saturated heterocycles. The SMILES string of the molecule is c1ccc(-c2cccc3cccc(-c4ccc(-c5c6ccccc6c(-c6cccc7ccccc67)c6ccccc56)cc4)c23)cc1.